The van der Waals surface area contributed by atoms with Crippen LogP contribution in [0.25, 0.3) is 0 Å². The van der Waals surface area contributed by atoms with Crippen molar-refractivity contribution in [2.75, 3.05) is 32.1 Å². The minimum Gasteiger partial charge on any atom is -0.497 e. The van der Waals surface area contributed by atoms with Crippen LogP contribution < -0.4 is 14.8 Å². The zero-order chi connectivity index (χ0) is 24.4. The number of likely N-dealkylation sites (tertiary alicyclic amines) is 1. The number of amides is 2. The summed E-state index contributed by atoms with van der Waals surface area (Å²) in [6.45, 7) is 1.23. The Morgan fingerprint density at radius 1 is 1.03 bits per heavy atom. The summed E-state index contributed by atoms with van der Waals surface area (Å²) < 4.78 is 24.3. The molecule has 2 heterocycles. The summed E-state index contributed by atoms with van der Waals surface area (Å²) in [7, 11) is 1.64. The van der Waals surface area contributed by atoms with E-state index in [0.717, 1.165) is 29.7 Å². The van der Waals surface area contributed by atoms with Gasteiger partial charge in [-0.05, 0) is 72.4 Å². The highest BCUT2D eigenvalue weighted by Crippen LogP contribution is 2.39. The molecule has 35 heavy (non-hydrogen) atoms. The number of hydrogen-bond donors (Lipinski definition) is 1. The van der Waals surface area contributed by atoms with Crippen molar-refractivity contribution in [1.82, 2.24) is 4.90 Å². The predicted molar refractivity (Wildman–Crippen MR) is 130 cm³/mol. The summed E-state index contributed by atoms with van der Waals surface area (Å²) in [6, 6.07) is 19.9. The zero-order valence-electron chi connectivity index (χ0n) is 19.5. The molecule has 0 radical (unpaired) electrons. The molecule has 2 aliphatic rings. The van der Waals surface area contributed by atoms with Crippen LogP contribution in [0.5, 0.6) is 11.5 Å². The van der Waals surface area contributed by atoms with Gasteiger partial charge in [0.05, 0.1) is 12.8 Å². The molecule has 180 valence electrons. The Kier molecular flexibility index (Phi) is 6.40. The summed E-state index contributed by atoms with van der Waals surface area (Å²) in [5, 5.41) is 2.76. The Balaban J connectivity index is 1.33. The lowest BCUT2D eigenvalue weighted by Gasteiger charge is -2.37. The van der Waals surface area contributed by atoms with Gasteiger partial charge in [0.15, 0.2) is 6.61 Å². The maximum Gasteiger partial charge on any atom is 0.262 e. The Labute approximate surface area is 203 Å². The summed E-state index contributed by atoms with van der Waals surface area (Å²) in [5.74, 6) is 1.21. The van der Waals surface area contributed by atoms with Crippen molar-refractivity contribution in [3.8, 4) is 11.5 Å². The third-order valence-corrected chi connectivity index (χ3v) is 6.86. The summed E-state index contributed by atoms with van der Waals surface area (Å²) in [4.78, 5) is 26.7. The normalized spacial score (nSPS) is 16.6. The van der Waals surface area contributed by atoms with E-state index in [1.54, 1.807) is 25.3 Å². The van der Waals surface area contributed by atoms with Gasteiger partial charge in [-0.2, -0.15) is 0 Å². The molecule has 1 fully saturated rings. The van der Waals surface area contributed by atoms with E-state index in [2.05, 4.69) is 17.4 Å². The molecular weight excluding hydrogens is 447 g/mol. The molecule has 2 amide bonds. The molecule has 0 aliphatic carbocycles. The van der Waals surface area contributed by atoms with Crippen molar-refractivity contribution in [1.29, 1.82) is 0 Å². The molecule has 1 N–H and O–H groups in total. The number of carbonyl (C=O) groups is 2. The van der Waals surface area contributed by atoms with E-state index in [1.165, 1.54) is 12.1 Å². The lowest BCUT2D eigenvalue weighted by molar-refractivity contribution is -0.118. The molecular formula is C28H27FN2O4. The molecule has 1 saturated heterocycles. The number of nitrogens with one attached hydrogen (secondary N) is 1. The van der Waals surface area contributed by atoms with Gasteiger partial charge in [0.1, 0.15) is 17.3 Å². The van der Waals surface area contributed by atoms with E-state index in [9.17, 15) is 14.0 Å². The van der Waals surface area contributed by atoms with Crippen LogP contribution in [-0.4, -0.2) is 43.5 Å². The van der Waals surface area contributed by atoms with Gasteiger partial charge in [-0.1, -0.05) is 24.3 Å². The molecule has 3 aromatic rings. The van der Waals surface area contributed by atoms with Crippen LogP contribution in [-0.2, 0) is 4.79 Å². The topological polar surface area (TPSA) is 67.9 Å². The van der Waals surface area contributed by atoms with Crippen LogP contribution in [0, 0.1) is 11.7 Å². The first kappa shape index (κ1) is 22.9. The summed E-state index contributed by atoms with van der Waals surface area (Å²) in [6.07, 6.45) is 1.65. The molecule has 3 aromatic carbocycles. The Hall–Kier alpha value is -3.87. The average molecular weight is 475 g/mol. The van der Waals surface area contributed by atoms with Crippen molar-refractivity contribution >= 4 is 17.5 Å². The molecule has 1 atom stereocenters. The molecule has 2 aliphatic heterocycles. The summed E-state index contributed by atoms with van der Waals surface area (Å²) >= 11 is 0. The Morgan fingerprint density at radius 2 is 1.69 bits per heavy atom. The Morgan fingerprint density at radius 3 is 2.34 bits per heavy atom. The van der Waals surface area contributed by atoms with E-state index in [-0.39, 0.29) is 30.2 Å². The minimum absolute atomic E-state index is 0.0166. The van der Waals surface area contributed by atoms with E-state index in [4.69, 9.17) is 9.47 Å². The number of rotatable bonds is 5. The van der Waals surface area contributed by atoms with Crippen LogP contribution in [0.1, 0.15) is 40.2 Å². The first-order chi connectivity index (χ1) is 17.0. The fourth-order valence-corrected chi connectivity index (χ4v) is 5.05. The lowest BCUT2D eigenvalue weighted by Crippen LogP contribution is -2.40. The average Bonchev–Trinajstić information content (AvgIpc) is 2.90. The molecule has 0 spiro atoms. The zero-order valence-corrected chi connectivity index (χ0v) is 19.5. The second-order valence-corrected chi connectivity index (χ2v) is 8.98. The highest BCUT2D eigenvalue weighted by atomic mass is 19.1. The van der Waals surface area contributed by atoms with Gasteiger partial charge >= 0.3 is 0 Å². The van der Waals surface area contributed by atoms with Crippen LogP contribution in [0.15, 0.2) is 66.7 Å². The number of nitrogens with zero attached hydrogens (tertiary/aromatic N) is 1. The molecule has 0 bridgehead atoms. The van der Waals surface area contributed by atoms with Gasteiger partial charge in [0.2, 0.25) is 0 Å². The maximum atomic E-state index is 13.6. The van der Waals surface area contributed by atoms with Gasteiger partial charge in [-0.15, -0.1) is 0 Å². The fraction of sp³-hybridized carbons (Fsp3) is 0.286. The van der Waals surface area contributed by atoms with Crippen molar-refractivity contribution in [2.24, 2.45) is 5.92 Å². The first-order valence-electron chi connectivity index (χ1n) is 11.8. The van der Waals surface area contributed by atoms with Gasteiger partial charge in [-0.25, -0.2) is 4.39 Å². The van der Waals surface area contributed by atoms with Crippen molar-refractivity contribution in [3.63, 3.8) is 0 Å². The highest BCUT2D eigenvalue weighted by Gasteiger charge is 2.31. The van der Waals surface area contributed by atoms with E-state index >= 15 is 0 Å². The van der Waals surface area contributed by atoms with Crippen LogP contribution in [0.3, 0.4) is 0 Å². The fourth-order valence-electron chi connectivity index (χ4n) is 5.05. The number of halogens is 1. The predicted octanol–water partition coefficient (Wildman–Crippen LogP) is 4.85. The second kappa shape index (κ2) is 9.78. The molecule has 0 aromatic heterocycles. The van der Waals surface area contributed by atoms with Gasteiger partial charge in [0.25, 0.3) is 11.8 Å². The van der Waals surface area contributed by atoms with E-state index in [0.29, 0.717) is 36.0 Å². The van der Waals surface area contributed by atoms with Crippen LogP contribution in [0.4, 0.5) is 10.1 Å². The van der Waals surface area contributed by atoms with Gasteiger partial charge < -0.3 is 19.7 Å². The maximum absolute atomic E-state index is 13.6. The number of methoxy groups -OCH3 is 1. The molecule has 6 nitrogen and oxygen atoms in total. The number of benzene rings is 3. The Bertz CT molecular complexity index is 1220. The monoisotopic (exact) mass is 474 g/mol. The third kappa shape index (κ3) is 4.85. The number of anilines is 1. The standard InChI is InChI=1S/C28H27FN2O4/c1-34-23-9-4-19(5-10-23)27(18-2-7-22(29)8-3-18)20-12-14-31(15-13-20)28(33)21-6-11-25-24(16-21)30-26(32)17-35-25/h2-11,16,20,27H,12-15,17H2,1H3,(H,30,32). The van der Waals surface area contributed by atoms with E-state index < -0.39 is 0 Å². The minimum atomic E-state index is -0.255. The number of ether oxygens (including phenoxy) is 2. The molecule has 5 rings (SSSR count). The third-order valence-electron chi connectivity index (χ3n) is 6.86. The second-order valence-electron chi connectivity index (χ2n) is 8.98. The molecule has 1 unspecified atom stereocenters. The van der Waals surface area contributed by atoms with Crippen molar-refractivity contribution in [2.45, 2.75) is 18.8 Å². The number of fused-ring (bicyclic) bond motifs is 1. The first-order valence-corrected chi connectivity index (χ1v) is 11.8. The quantitative estimate of drug-likeness (QED) is 0.574. The number of carbonyl (C=O) groups excluding carboxylic acids is 2. The number of piperidine rings is 1. The lowest BCUT2D eigenvalue weighted by atomic mass is 9.76. The van der Waals surface area contributed by atoms with Crippen LogP contribution >= 0.6 is 0 Å². The number of hydrogen-bond acceptors (Lipinski definition) is 4. The van der Waals surface area contributed by atoms with Gasteiger partial charge in [-0.3, -0.25) is 9.59 Å². The van der Waals surface area contributed by atoms with Gasteiger partial charge in [0, 0.05) is 24.6 Å². The van der Waals surface area contributed by atoms with Crippen molar-refractivity contribution < 1.29 is 23.5 Å². The highest BCUT2D eigenvalue weighted by molar-refractivity contribution is 5.99. The van der Waals surface area contributed by atoms with Crippen LogP contribution in [0.2, 0.25) is 0 Å². The SMILES string of the molecule is COc1ccc(C(c2ccc(F)cc2)C2CCN(C(=O)c3ccc4c(c3)NC(=O)CO4)CC2)cc1. The molecule has 7 heteroatoms. The smallest absolute Gasteiger partial charge is 0.262 e. The summed E-state index contributed by atoms with van der Waals surface area (Å²) in [5.41, 5.74) is 3.26. The van der Waals surface area contributed by atoms with Crippen molar-refractivity contribution in [3.05, 3.63) is 89.2 Å². The van der Waals surface area contributed by atoms with E-state index in [1.807, 2.05) is 29.2 Å². The molecule has 0 saturated carbocycles. The largest absolute Gasteiger partial charge is 0.497 e.